The summed E-state index contributed by atoms with van der Waals surface area (Å²) in [6.45, 7) is 2.37. The van der Waals surface area contributed by atoms with Crippen molar-refractivity contribution in [3.63, 3.8) is 0 Å². The van der Waals surface area contributed by atoms with Crippen molar-refractivity contribution in [1.82, 2.24) is 0 Å². The van der Waals surface area contributed by atoms with Crippen LogP contribution >= 0.6 is 11.6 Å². The Morgan fingerprint density at radius 2 is 2.10 bits per heavy atom. The molecule has 2 aromatic rings. The second-order valence-electron chi connectivity index (χ2n) is 5.27. The zero-order chi connectivity index (χ0) is 15.0. The van der Waals surface area contributed by atoms with Crippen LogP contribution < -0.4 is 4.74 Å². The highest BCUT2D eigenvalue weighted by Crippen LogP contribution is 2.33. The van der Waals surface area contributed by atoms with Gasteiger partial charge in [-0.1, -0.05) is 11.6 Å². The summed E-state index contributed by atoms with van der Waals surface area (Å²) in [5.41, 5.74) is 2.90. The molecule has 0 spiro atoms. The van der Waals surface area contributed by atoms with Gasteiger partial charge in [-0.2, -0.15) is 0 Å². The Kier molecular flexibility index (Phi) is 3.68. The third-order valence-corrected chi connectivity index (χ3v) is 3.76. The predicted octanol–water partition coefficient (Wildman–Crippen LogP) is 4.15. The normalized spacial score (nSPS) is 12.9. The minimum absolute atomic E-state index is 0.141. The Bertz CT molecular complexity index is 705. The van der Waals surface area contributed by atoms with Gasteiger partial charge in [0.15, 0.2) is 5.78 Å². The maximum atomic E-state index is 13.4. The number of carbonyl (C=O) groups excluding carboxylic acids is 1. The van der Waals surface area contributed by atoms with E-state index in [0.29, 0.717) is 17.2 Å². The molecule has 0 aromatic heterocycles. The first-order valence-corrected chi connectivity index (χ1v) is 7.15. The van der Waals surface area contributed by atoms with Crippen LogP contribution in [0.4, 0.5) is 4.39 Å². The highest BCUT2D eigenvalue weighted by molar-refractivity contribution is 6.30. The number of benzene rings is 2. The number of ketones is 1. The summed E-state index contributed by atoms with van der Waals surface area (Å²) in [7, 11) is 0. The first-order chi connectivity index (χ1) is 10.0. The Morgan fingerprint density at radius 1 is 1.29 bits per heavy atom. The number of fused-ring (bicyclic) bond motifs is 1. The van der Waals surface area contributed by atoms with E-state index in [9.17, 15) is 9.18 Å². The molecule has 0 radical (unpaired) electrons. The van der Waals surface area contributed by atoms with Crippen molar-refractivity contribution in [3.05, 3.63) is 63.4 Å². The lowest BCUT2D eigenvalue weighted by Gasteiger charge is -2.09. The van der Waals surface area contributed by atoms with Gasteiger partial charge < -0.3 is 4.74 Å². The van der Waals surface area contributed by atoms with Crippen molar-refractivity contribution in [3.8, 4) is 5.75 Å². The van der Waals surface area contributed by atoms with Crippen LogP contribution in [0.1, 0.15) is 27.0 Å². The number of rotatable bonds is 3. The third-order valence-electron chi connectivity index (χ3n) is 3.54. The molecule has 3 rings (SSSR count). The molecular formula is C17H14ClFO2. The van der Waals surface area contributed by atoms with Crippen LogP contribution in [0.15, 0.2) is 30.3 Å². The first-order valence-electron chi connectivity index (χ1n) is 6.77. The summed E-state index contributed by atoms with van der Waals surface area (Å²) in [6.07, 6.45) is 0.960. The van der Waals surface area contributed by atoms with Gasteiger partial charge >= 0.3 is 0 Å². The highest BCUT2D eigenvalue weighted by Gasteiger charge is 2.20. The van der Waals surface area contributed by atoms with E-state index >= 15 is 0 Å². The standard InChI is InChI=1S/C17H14ClFO2/c1-10-4-12(8-15(19)5-10)16(20)9-13-7-14(18)6-11-2-3-21-17(11)13/h4-8H,2-3,9H2,1H3. The number of halogens is 2. The van der Waals surface area contributed by atoms with E-state index in [2.05, 4.69) is 0 Å². The van der Waals surface area contributed by atoms with Gasteiger partial charge in [0, 0.05) is 29.0 Å². The number of hydrogen-bond donors (Lipinski definition) is 0. The number of aryl methyl sites for hydroxylation is 1. The van der Waals surface area contributed by atoms with Gasteiger partial charge in [-0.05, 0) is 48.4 Å². The van der Waals surface area contributed by atoms with Crippen molar-refractivity contribution in [1.29, 1.82) is 0 Å². The second kappa shape index (κ2) is 5.49. The van der Waals surface area contributed by atoms with E-state index in [1.807, 2.05) is 6.07 Å². The average Bonchev–Trinajstić information content (AvgIpc) is 2.85. The maximum Gasteiger partial charge on any atom is 0.167 e. The fraction of sp³-hybridized carbons (Fsp3) is 0.235. The predicted molar refractivity (Wildman–Crippen MR) is 79.8 cm³/mol. The molecular weight excluding hydrogens is 291 g/mol. The molecule has 21 heavy (non-hydrogen) atoms. The Labute approximate surface area is 127 Å². The molecule has 0 N–H and O–H groups in total. The van der Waals surface area contributed by atoms with E-state index in [4.69, 9.17) is 16.3 Å². The van der Waals surface area contributed by atoms with Crippen molar-refractivity contribution in [2.75, 3.05) is 6.61 Å². The summed E-state index contributed by atoms with van der Waals surface area (Å²) in [5.74, 6) is 0.212. The van der Waals surface area contributed by atoms with Crippen LogP contribution in [0.5, 0.6) is 5.75 Å². The van der Waals surface area contributed by atoms with Crippen LogP contribution in [-0.4, -0.2) is 12.4 Å². The molecule has 0 fully saturated rings. The Hall–Kier alpha value is -1.87. The SMILES string of the molecule is Cc1cc(F)cc(C(=O)Cc2cc(Cl)cc3c2OCC3)c1. The summed E-state index contributed by atoms with van der Waals surface area (Å²) >= 11 is 6.08. The zero-order valence-electron chi connectivity index (χ0n) is 11.6. The van der Waals surface area contributed by atoms with Crippen LogP contribution in [0.3, 0.4) is 0 Å². The van der Waals surface area contributed by atoms with E-state index in [0.717, 1.165) is 28.9 Å². The van der Waals surface area contributed by atoms with Gasteiger partial charge in [0.25, 0.3) is 0 Å². The zero-order valence-corrected chi connectivity index (χ0v) is 12.3. The van der Waals surface area contributed by atoms with Crippen LogP contribution in [0.2, 0.25) is 5.02 Å². The molecule has 108 valence electrons. The molecule has 0 saturated heterocycles. The van der Waals surface area contributed by atoms with E-state index in [1.54, 1.807) is 19.1 Å². The Morgan fingerprint density at radius 3 is 2.86 bits per heavy atom. The summed E-state index contributed by atoms with van der Waals surface area (Å²) in [4.78, 5) is 12.4. The highest BCUT2D eigenvalue weighted by atomic mass is 35.5. The first kappa shape index (κ1) is 14.1. The van der Waals surface area contributed by atoms with Crippen molar-refractivity contribution in [2.24, 2.45) is 0 Å². The molecule has 0 bridgehead atoms. The number of hydrogen-bond acceptors (Lipinski definition) is 2. The monoisotopic (exact) mass is 304 g/mol. The molecule has 0 unspecified atom stereocenters. The van der Waals surface area contributed by atoms with Gasteiger partial charge in [-0.3, -0.25) is 4.79 Å². The lowest BCUT2D eigenvalue weighted by atomic mass is 9.99. The lowest BCUT2D eigenvalue weighted by molar-refractivity contribution is 0.0991. The average molecular weight is 305 g/mol. The molecule has 0 amide bonds. The smallest absolute Gasteiger partial charge is 0.167 e. The van der Waals surface area contributed by atoms with Gasteiger partial charge in [-0.15, -0.1) is 0 Å². The van der Waals surface area contributed by atoms with Gasteiger partial charge in [0.2, 0.25) is 0 Å². The summed E-state index contributed by atoms with van der Waals surface area (Å²) < 4.78 is 19.0. The minimum atomic E-state index is -0.397. The minimum Gasteiger partial charge on any atom is -0.493 e. The molecule has 0 atom stereocenters. The van der Waals surface area contributed by atoms with Gasteiger partial charge in [0.1, 0.15) is 11.6 Å². The number of carbonyl (C=O) groups is 1. The van der Waals surface area contributed by atoms with Gasteiger partial charge in [-0.25, -0.2) is 4.39 Å². The summed E-state index contributed by atoms with van der Waals surface area (Å²) in [5, 5.41) is 0.595. The summed E-state index contributed by atoms with van der Waals surface area (Å²) in [6, 6.07) is 7.97. The third kappa shape index (κ3) is 2.93. The van der Waals surface area contributed by atoms with Crippen LogP contribution in [-0.2, 0) is 12.8 Å². The molecule has 4 heteroatoms. The topological polar surface area (TPSA) is 26.3 Å². The Balaban J connectivity index is 1.92. The maximum absolute atomic E-state index is 13.4. The van der Waals surface area contributed by atoms with Gasteiger partial charge in [0.05, 0.1) is 6.61 Å². The van der Waals surface area contributed by atoms with Crippen molar-refractivity contribution in [2.45, 2.75) is 19.8 Å². The van der Waals surface area contributed by atoms with Crippen molar-refractivity contribution >= 4 is 17.4 Å². The molecule has 0 saturated carbocycles. The van der Waals surface area contributed by atoms with E-state index < -0.39 is 5.82 Å². The molecule has 0 aliphatic carbocycles. The largest absolute Gasteiger partial charge is 0.493 e. The van der Waals surface area contributed by atoms with E-state index in [1.165, 1.54) is 12.1 Å². The number of ether oxygens (including phenoxy) is 1. The fourth-order valence-electron chi connectivity index (χ4n) is 2.65. The van der Waals surface area contributed by atoms with E-state index in [-0.39, 0.29) is 12.2 Å². The number of Topliss-reactive ketones (excluding diaryl/α,β-unsaturated/α-hetero) is 1. The molecule has 2 nitrogen and oxygen atoms in total. The van der Waals surface area contributed by atoms with Crippen molar-refractivity contribution < 1.29 is 13.9 Å². The van der Waals surface area contributed by atoms with Crippen LogP contribution in [0, 0.1) is 12.7 Å². The lowest BCUT2D eigenvalue weighted by Crippen LogP contribution is -2.06. The fourth-order valence-corrected chi connectivity index (χ4v) is 2.91. The molecule has 1 aliphatic rings. The molecule has 2 aromatic carbocycles. The molecule has 1 aliphatic heterocycles. The second-order valence-corrected chi connectivity index (χ2v) is 5.71. The quantitative estimate of drug-likeness (QED) is 0.796. The van der Waals surface area contributed by atoms with Crippen LogP contribution in [0.25, 0.3) is 0 Å². The molecule has 1 heterocycles.